The van der Waals surface area contributed by atoms with Gasteiger partial charge in [0.05, 0.1) is 19.3 Å². The van der Waals surface area contributed by atoms with Crippen molar-refractivity contribution >= 4 is 5.69 Å². The van der Waals surface area contributed by atoms with E-state index in [9.17, 15) is 8.78 Å². The number of halogens is 2. The normalized spacial score (nSPS) is 17.0. The first-order valence-corrected chi connectivity index (χ1v) is 6.50. The largest absolute Gasteiger partial charge is 0.495 e. The molecule has 0 amide bonds. The van der Waals surface area contributed by atoms with E-state index in [4.69, 9.17) is 4.74 Å². The Morgan fingerprint density at radius 2 is 1.89 bits per heavy atom. The van der Waals surface area contributed by atoms with Gasteiger partial charge < -0.3 is 9.64 Å². The standard InChI is InChI=1S/C14H20F2N2O/c1-11-3-4-12(13(9-11)19-2)18-7-5-17(6-8-18)10-14(15)16/h3-4,9,14H,5-8,10H2,1-2H3. The molecule has 1 heterocycles. The molecule has 0 saturated carbocycles. The van der Waals surface area contributed by atoms with E-state index < -0.39 is 6.43 Å². The molecule has 5 heteroatoms. The first-order valence-electron chi connectivity index (χ1n) is 6.50. The van der Waals surface area contributed by atoms with Crippen LogP contribution < -0.4 is 9.64 Å². The zero-order valence-electron chi connectivity index (χ0n) is 11.4. The van der Waals surface area contributed by atoms with Gasteiger partial charge in [0.2, 0.25) is 0 Å². The monoisotopic (exact) mass is 270 g/mol. The Balaban J connectivity index is 2.01. The molecule has 0 atom stereocenters. The minimum Gasteiger partial charge on any atom is -0.495 e. The lowest BCUT2D eigenvalue weighted by Gasteiger charge is -2.36. The molecule has 106 valence electrons. The Morgan fingerprint density at radius 1 is 1.21 bits per heavy atom. The lowest BCUT2D eigenvalue weighted by atomic mass is 10.1. The quantitative estimate of drug-likeness (QED) is 0.835. The van der Waals surface area contributed by atoms with Crippen LogP contribution in [-0.2, 0) is 0 Å². The van der Waals surface area contributed by atoms with Crippen molar-refractivity contribution in [2.45, 2.75) is 13.3 Å². The molecular weight excluding hydrogens is 250 g/mol. The summed E-state index contributed by atoms with van der Waals surface area (Å²) in [5.74, 6) is 0.849. The summed E-state index contributed by atoms with van der Waals surface area (Å²) in [6, 6.07) is 6.08. The van der Waals surface area contributed by atoms with E-state index in [1.54, 1.807) is 7.11 Å². The Morgan fingerprint density at radius 3 is 2.47 bits per heavy atom. The van der Waals surface area contributed by atoms with Gasteiger partial charge in [-0.15, -0.1) is 0 Å². The number of aryl methyl sites for hydroxylation is 1. The van der Waals surface area contributed by atoms with Gasteiger partial charge in [-0.05, 0) is 24.6 Å². The summed E-state index contributed by atoms with van der Waals surface area (Å²) in [6.45, 7) is 4.74. The summed E-state index contributed by atoms with van der Waals surface area (Å²) in [5.41, 5.74) is 2.20. The summed E-state index contributed by atoms with van der Waals surface area (Å²) in [7, 11) is 1.66. The van der Waals surface area contributed by atoms with Crippen LogP contribution in [0.2, 0.25) is 0 Å². The van der Waals surface area contributed by atoms with Gasteiger partial charge in [-0.1, -0.05) is 6.07 Å². The zero-order valence-corrected chi connectivity index (χ0v) is 11.4. The maximum atomic E-state index is 12.3. The summed E-state index contributed by atoms with van der Waals surface area (Å²) in [4.78, 5) is 4.00. The molecule has 2 rings (SSSR count). The number of ether oxygens (including phenoxy) is 1. The second-order valence-corrected chi connectivity index (χ2v) is 4.85. The molecule has 19 heavy (non-hydrogen) atoms. The van der Waals surface area contributed by atoms with Gasteiger partial charge in [-0.2, -0.15) is 0 Å². The van der Waals surface area contributed by atoms with Crippen molar-refractivity contribution < 1.29 is 13.5 Å². The topological polar surface area (TPSA) is 15.7 Å². The Hall–Kier alpha value is -1.36. The molecule has 0 radical (unpaired) electrons. The summed E-state index contributed by atoms with van der Waals surface area (Å²) >= 11 is 0. The maximum absolute atomic E-state index is 12.3. The van der Waals surface area contributed by atoms with Crippen molar-refractivity contribution in [1.29, 1.82) is 0 Å². The molecule has 1 saturated heterocycles. The molecule has 1 aliphatic heterocycles. The van der Waals surface area contributed by atoms with Crippen LogP contribution in [0.5, 0.6) is 5.75 Å². The molecule has 1 aliphatic rings. The molecule has 0 aliphatic carbocycles. The Kier molecular flexibility index (Phi) is 4.58. The molecule has 0 N–H and O–H groups in total. The van der Waals surface area contributed by atoms with E-state index in [1.807, 2.05) is 30.0 Å². The second-order valence-electron chi connectivity index (χ2n) is 4.85. The fourth-order valence-corrected chi connectivity index (χ4v) is 2.41. The van der Waals surface area contributed by atoms with E-state index in [-0.39, 0.29) is 6.54 Å². The van der Waals surface area contributed by atoms with Crippen LogP contribution >= 0.6 is 0 Å². The summed E-state index contributed by atoms with van der Waals surface area (Å²) in [5, 5.41) is 0. The van der Waals surface area contributed by atoms with Gasteiger partial charge in [-0.3, -0.25) is 4.90 Å². The number of hydrogen-bond donors (Lipinski definition) is 0. The first-order chi connectivity index (χ1) is 9.10. The second kappa shape index (κ2) is 6.19. The van der Waals surface area contributed by atoms with E-state index in [2.05, 4.69) is 4.90 Å². The van der Waals surface area contributed by atoms with E-state index >= 15 is 0 Å². The molecule has 1 aromatic carbocycles. The van der Waals surface area contributed by atoms with Crippen LogP contribution in [0.25, 0.3) is 0 Å². The van der Waals surface area contributed by atoms with Crippen LogP contribution in [0.15, 0.2) is 18.2 Å². The predicted molar refractivity (Wildman–Crippen MR) is 72.4 cm³/mol. The lowest BCUT2D eigenvalue weighted by Crippen LogP contribution is -2.47. The Bertz CT molecular complexity index is 418. The predicted octanol–water partition coefficient (Wildman–Crippen LogP) is 2.39. The molecule has 0 bridgehead atoms. The van der Waals surface area contributed by atoms with Crippen molar-refractivity contribution in [3.63, 3.8) is 0 Å². The molecule has 0 spiro atoms. The molecule has 3 nitrogen and oxygen atoms in total. The van der Waals surface area contributed by atoms with E-state index in [1.165, 1.54) is 0 Å². The highest BCUT2D eigenvalue weighted by atomic mass is 19.3. The third-order valence-electron chi connectivity index (χ3n) is 3.44. The van der Waals surface area contributed by atoms with Gasteiger partial charge in [0.15, 0.2) is 0 Å². The molecule has 0 unspecified atom stereocenters. The smallest absolute Gasteiger partial charge is 0.251 e. The van der Waals surface area contributed by atoms with E-state index in [0.717, 1.165) is 30.1 Å². The fraction of sp³-hybridized carbons (Fsp3) is 0.571. The number of piperazine rings is 1. The van der Waals surface area contributed by atoms with Crippen LogP contribution in [0.1, 0.15) is 5.56 Å². The fourth-order valence-electron chi connectivity index (χ4n) is 2.41. The third-order valence-corrected chi connectivity index (χ3v) is 3.44. The average molecular weight is 270 g/mol. The van der Waals surface area contributed by atoms with Crippen molar-refractivity contribution in [2.75, 3.05) is 44.7 Å². The van der Waals surface area contributed by atoms with Crippen molar-refractivity contribution in [2.24, 2.45) is 0 Å². The number of nitrogens with zero attached hydrogens (tertiary/aromatic N) is 2. The third kappa shape index (κ3) is 3.56. The van der Waals surface area contributed by atoms with Gasteiger partial charge in [0.1, 0.15) is 5.75 Å². The van der Waals surface area contributed by atoms with Crippen molar-refractivity contribution in [3.8, 4) is 5.75 Å². The van der Waals surface area contributed by atoms with Gasteiger partial charge >= 0.3 is 0 Å². The first kappa shape index (κ1) is 14.1. The van der Waals surface area contributed by atoms with Gasteiger partial charge in [0.25, 0.3) is 6.43 Å². The average Bonchev–Trinajstić information content (AvgIpc) is 2.39. The Labute approximate surface area is 112 Å². The number of hydrogen-bond acceptors (Lipinski definition) is 3. The van der Waals surface area contributed by atoms with E-state index in [0.29, 0.717) is 13.1 Å². The highest BCUT2D eigenvalue weighted by Crippen LogP contribution is 2.29. The highest BCUT2D eigenvalue weighted by molar-refractivity contribution is 5.60. The van der Waals surface area contributed by atoms with Crippen molar-refractivity contribution in [3.05, 3.63) is 23.8 Å². The van der Waals surface area contributed by atoms with Crippen LogP contribution in [0.3, 0.4) is 0 Å². The minimum absolute atomic E-state index is 0.126. The molecule has 1 aromatic rings. The SMILES string of the molecule is COc1cc(C)ccc1N1CCN(CC(F)F)CC1. The number of benzene rings is 1. The summed E-state index contributed by atoms with van der Waals surface area (Å²) in [6.07, 6.45) is -2.25. The number of rotatable bonds is 4. The van der Waals surface area contributed by atoms with Crippen LogP contribution in [0.4, 0.5) is 14.5 Å². The highest BCUT2D eigenvalue weighted by Gasteiger charge is 2.21. The minimum atomic E-state index is -2.25. The number of methoxy groups -OCH3 is 1. The maximum Gasteiger partial charge on any atom is 0.251 e. The number of alkyl halides is 2. The summed E-state index contributed by atoms with van der Waals surface area (Å²) < 4.78 is 30.1. The lowest BCUT2D eigenvalue weighted by molar-refractivity contribution is 0.0854. The number of anilines is 1. The molecule has 1 fully saturated rings. The van der Waals surface area contributed by atoms with Crippen LogP contribution in [-0.4, -0.2) is 51.2 Å². The van der Waals surface area contributed by atoms with Gasteiger partial charge in [0, 0.05) is 26.2 Å². The van der Waals surface area contributed by atoms with Crippen LogP contribution in [0, 0.1) is 6.92 Å². The van der Waals surface area contributed by atoms with Gasteiger partial charge in [-0.25, -0.2) is 8.78 Å². The molecular formula is C14H20F2N2O. The molecule has 0 aromatic heterocycles. The van der Waals surface area contributed by atoms with Crippen molar-refractivity contribution in [1.82, 2.24) is 4.90 Å². The zero-order chi connectivity index (χ0) is 13.8.